The highest BCUT2D eigenvalue weighted by atomic mass is 32.1. The zero-order valence-corrected chi connectivity index (χ0v) is 5.18. The summed E-state index contributed by atoms with van der Waals surface area (Å²) in [5.41, 5.74) is 0.847. The minimum absolute atomic E-state index is 0.847. The molecule has 0 atom stereocenters. The molecule has 42 valence electrons. The average Bonchev–Trinajstić information content (AvgIpc) is 2.14. The van der Waals surface area contributed by atoms with Gasteiger partial charge in [0.2, 0.25) is 0 Å². The van der Waals surface area contributed by atoms with Crippen molar-refractivity contribution >= 4 is 18.9 Å². The summed E-state index contributed by atoms with van der Waals surface area (Å²) in [5, 5.41) is 3.89. The third kappa shape index (κ3) is 0.924. The lowest BCUT2D eigenvalue weighted by Gasteiger charge is -1.79. The maximum atomic E-state index is 3.92. The first-order valence-corrected chi connectivity index (χ1v) is 2.60. The van der Waals surface area contributed by atoms with Gasteiger partial charge >= 0.3 is 0 Å². The van der Waals surface area contributed by atoms with Gasteiger partial charge in [-0.15, -0.1) is 0 Å². The standard InChI is InChI=1S/C5H6N2S/c1-2-5-3-4-7(8)6-5/h2-4,8H,1H2. The van der Waals surface area contributed by atoms with E-state index < -0.39 is 0 Å². The first-order chi connectivity index (χ1) is 3.83. The Balaban J connectivity index is 3.00. The zero-order valence-electron chi connectivity index (χ0n) is 4.28. The summed E-state index contributed by atoms with van der Waals surface area (Å²) < 4.78 is 1.44. The van der Waals surface area contributed by atoms with Crippen molar-refractivity contribution in [3.63, 3.8) is 0 Å². The Morgan fingerprint density at radius 1 is 1.88 bits per heavy atom. The zero-order chi connectivity index (χ0) is 5.98. The summed E-state index contributed by atoms with van der Waals surface area (Å²) in [7, 11) is 0. The van der Waals surface area contributed by atoms with Crippen molar-refractivity contribution in [2.45, 2.75) is 0 Å². The minimum atomic E-state index is 0.847. The summed E-state index contributed by atoms with van der Waals surface area (Å²) in [5.74, 6) is 0. The fraction of sp³-hybridized carbons (Fsp3) is 0. The number of hydrogen-bond acceptors (Lipinski definition) is 2. The van der Waals surface area contributed by atoms with Gasteiger partial charge in [-0.2, -0.15) is 5.10 Å². The van der Waals surface area contributed by atoms with E-state index in [9.17, 15) is 0 Å². The molecule has 1 aromatic rings. The second-order valence-electron chi connectivity index (χ2n) is 1.37. The monoisotopic (exact) mass is 126 g/mol. The van der Waals surface area contributed by atoms with Gasteiger partial charge in [-0.25, -0.2) is 4.09 Å². The molecule has 1 aromatic heterocycles. The highest BCUT2D eigenvalue weighted by Gasteiger charge is 1.85. The van der Waals surface area contributed by atoms with Crippen molar-refractivity contribution in [1.29, 1.82) is 0 Å². The molecule has 0 amide bonds. The molecule has 0 N–H and O–H groups in total. The Morgan fingerprint density at radius 2 is 2.62 bits per heavy atom. The average molecular weight is 126 g/mol. The molecule has 3 heteroatoms. The fourth-order valence-electron chi connectivity index (χ4n) is 0.437. The Labute approximate surface area is 53.4 Å². The van der Waals surface area contributed by atoms with Crippen molar-refractivity contribution in [2.75, 3.05) is 0 Å². The molecule has 0 fully saturated rings. The fourth-order valence-corrected chi connectivity index (χ4v) is 0.607. The van der Waals surface area contributed by atoms with E-state index in [4.69, 9.17) is 0 Å². The maximum Gasteiger partial charge on any atom is 0.0855 e. The number of rotatable bonds is 1. The Hall–Kier alpha value is -0.700. The van der Waals surface area contributed by atoms with Gasteiger partial charge in [0.05, 0.1) is 5.69 Å². The molecule has 0 aliphatic rings. The van der Waals surface area contributed by atoms with Gasteiger partial charge in [0.25, 0.3) is 0 Å². The largest absolute Gasteiger partial charge is 0.217 e. The van der Waals surface area contributed by atoms with E-state index in [1.807, 2.05) is 6.07 Å². The number of hydrogen-bond donors (Lipinski definition) is 1. The van der Waals surface area contributed by atoms with Crippen LogP contribution in [-0.4, -0.2) is 9.19 Å². The van der Waals surface area contributed by atoms with Crippen LogP contribution in [0.2, 0.25) is 0 Å². The van der Waals surface area contributed by atoms with E-state index in [1.165, 1.54) is 4.09 Å². The molecule has 0 aliphatic carbocycles. The predicted molar refractivity (Wildman–Crippen MR) is 36.7 cm³/mol. The summed E-state index contributed by atoms with van der Waals surface area (Å²) in [6.45, 7) is 3.53. The van der Waals surface area contributed by atoms with Crippen LogP contribution in [0.15, 0.2) is 18.8 Å². The summed E-state index contributed by atoms with van der Waals surface area (Å²) in [6.07, 6.45) is 3.42. The van der Waals surface area contributed by atoms with E-state index >= 15 is 0 Å². The van der Waals surface area contributed by atoms with Crippen LogP contribution in [0, 0.1) is 0 Å². The van der Waals surface area contributed by atoms with Crippen LogP contribution >= 0.6 is 12.8 Å². The van der Waals surface area contributed by atoms with E-state index in [1.54, 1.807) is 12.3 Å². The molecule has 0 radical (unpaired) electrons. The van der Waals surface area contributed by atoms with Crippen LogP contribution in [0.3, 0.4) is 0 Å². The van der Waals surface area contributed by atoms with Crippen molar-refractivity contribution in [2.24, 2.45) is 0 Å². The molecule has 0 spiro atoms. The highest BCUT2D eigenvalue weighted by molar-refractivity contribution is 7.78. The van der Waals surface area contributed by atoms with Gasteiger partial charge in [-0.05, 0) is 25.0 Å². The molecule has 0 bridgehead atoms. The number of nitrogens with zero attached hydrogens (tertiary/aromatic N) is 2. The van der Waals surface area contributed by atoms with Gasteiger partial charge in [-0.3, -0.25) is 0 Å². The van der Waals surface area contributed by atoms with Crippen LogP contribution in [-0.2, 0) is 0 Å². The van der Waals surface area contributed by atoms with Crippen molar-refractivity contribution in [3.8, 4) is 0 Å². The molecular formula is C5H6N2S. The smallest absolute Gasteiger partial charge is 0.0855 e. The van der Waals surface area contributed by atoms with Gasteiger partial charge in [0.1, 0.15) is 0 Å². The molecule has 0 saturated heterocycles. The lowest BCUT2D eigenvalue weighted by molar-refractivity contribution is 1.01. The molecule has 0 aliphatic heterocycles. The quantitative estimate of drug-likeness (QED) is 0.560. The molecule has 8 heavy (non-hydrogen) atoms. The van der Waals surface area contributed by atoms with Crippen LogP contribution in [0.25, 0.3) is 6.08 Å². The first kappa shape index (κ1) is 5.44. The van der Waals surface area contributed by atoms with Crippen LogP contribution < -0.4 is 0 Å². The van der Waals surface area contributed by atoms with Crippen molar-refractivity contribution in [1.82, 2.24) is 9.19 Å². The molecular weight excluding hydrogens is 120 g/mol. The lowest BCUT2D eigenvalue weighted by Crippen LogP contribution is -1.78. The van der Waals surface area contributed by atoms with Gasteiger partial charge in [0, 0.05) is 6.20 Å². The molecule has 1 heterocycles. The van der Waals surface area contributed by atoms with E-state index in [-0.39, 0.29) is 0 Å². The Kier molecular flexibility index (Phi) is 1.39. The Bertz CT molecular complexity index is 192. The first-order valence-electron chi connectivity index (χ1n) is 2.20. The maximum absolute atomic E-state index is 3.92. The number of thiol groups is 1. The highest BCUT2D eigenvalue weighted by Crippen LogP contribution is 1.96. The lowest BCUT2D eigenvalue weighted by atomic mass is 10.4. The number of aromatic nitrogens is 2. The topological polar surface area (TPSA) is 17.8 Å². The summed E-state index contributed by atoms with van der Waals surface area (Å²) in [4.78, 5) is 0. The van der Waals surface area contributed by atoms with E-state index in [0.29, 0.717) is 0 Å². The normalized spacial score (nSPS) is 9.12. The van der Waals surface area contributed by atoms with E-state index in [0.717, 1.165) is 5.69 Å². The summed E-state index contributed by atoms with van der Waals surface area (Å²) in [6, 6.07) is 1.83. The predicted octanol–water partition coefficient (Wildman–Crippen LogP) is 1.22. The van der Waals surface area contributed by atoms with Crippen molar-refractivity contribution in [3.05, 3.63) is 24.5 Å². The Morgan fingerprint density at radius 3 is 2.88 bits per heavy atom. The van der Waals surface area contributed by atoms with Crippen LogP contribution in [0.4, 0.5) is 0 Å². The van der Waals surface area contributed by atoms with Crippen LogP contribution in [0.5, 0.6) is 0 Å². The minimum Gasteiger partial charge on any atom is -0.217 e. The molecule has 2 nitrogen and oxygen atoms in total. The van der Waals surface area contributed by atoms with Gasteiger partial charge in [-0.1, -0.05) is 6.58 Å². The van der Waals surface area contributed by atoms with Crippen molar-refractivity contribution < 1.29 is 0 Å². The second kappa shape index (κ2) is 2.05. The SMILES string of the molecule is C=Cc1ccn(S)n1. The van der Waals surface area contributed by atoms with Gasteiger partial charge < -0.3 is 0 Å². The molecule has 0 unspecified atom stereocenters. The third-order valence-corrected chi connectivity index (χ3v) is 1.03. The van der Waals surface area contributed by atoms with Gasteiger partial charge in [0.15, 0.2) is 0 Å². The molecule has 0 saturated carbocycles. The van der Waals surface area contributed by atoms with E-state index in [2.05, 4.69) is 24.5 Å². The molecule has 1 rings (SSSR count). The second-order valence-corrected chi connectivity index (χ2v) is 1.77. The summed E-state index contributed by atoms with van der Waals surface area (Å²) >= 11 is 3.92. The van der Waals surface area contributed by atoms with Crippen LogP contribution in [0.1, 0.15) is 5.69 Å². The third-order valence-electron chi connectivity index (χ3n) is 0.806. The molecule has 0 aromatic carbocycles.